The van der Waals surface area contributed by atoms with Crippen LogP contribution in [0.15, 0.2) is 77.0 Å². The van der Waals surface area contributed by atoms with E-state index in [9.17, 15) is 4.39 Å². The number of hydrazone groups is 1. The number of benzene rings is 3. The first-order chi connectivity index (χ1) is 13.7. The van der Waals surface area contributed by atoms with Crippen LogP contribution >= 0.6 is 11.8 Å². The number of anilines is 1. The third kappa shape index (κ3) is 4.37. The molecule has 7 heteroatoms. The van der Waals surface area contributed by atoms with Crippen LogP contribution in [0.1, 0.15) is 18.1 Å². The van der Waals surface area contributed by atoms with Crippen LogP contribution in [-0.4, -0.2) is 20.9 Å². The molecule has 4 rings (SSSR count). The van der Waals surface area contributed by atoms with E-state index in [2.05, 4.69) is 50.0 Å². The standard InChI is InChI=1S/C21H18FN5S/c1-14(17-9-8-16-4-2-3-5-18(16)12-17)24-25-20-23-21(27-26-20)28-13-15-6-10-19(22)11-7-15/h2-12H,13H2,1H3,(H2,23,25,26,27)/b24-14+. The lowest BCUT2D eigenvalue weighted by molar-refractivity contribution is 0.627. The Labute approximate surface area is 166 Å². The van der Waals surface area contributed by atoms with Gasteiger partial charge in [-0.25, -0.2) is 14.9 Å². The summed E-state index contributed by atoms with van der Waals surface area (Å²) in [5.41, 5.74) is 5.81. The fourth-order valence-electron chi connectivity index (χ4n) is 2.71. The van der Waals surface area contributed by atoms with E-state index in [0.717, 1.165) is 16.8 Å². The van der Waals surface area contributed by atoms with Crippen molar-refractivity contribution in [1.29, 1.82) is 0 Å². The fraction of sp³-hybridized carbons (Fsp3) is 0.0952. The topological polar surface area (TPSA) is 66.0 Å². The van der Waals surface area contributed by atoms with E-state index in [1.54, 1.807) is 12.1 Å². The molecule has 0 aliphatic carbocycles. The van der Waals surface area contributed by atoms with Crippen molar-refractivity contribution in [3.8, 4) is 0 Å². The van der Waals surface area contributed by atoms with E-state index in [-0.39, 0.29) is 5.82 Å². The number of nitrogens with zero attached hydrogens (tertiary/aromatic N) is 3. The van der Waals surface area contributed by atoms with Gasteiger partial charge in [-0.05, 0) is 47.0 Å². The van der Waals surface area contributed by atoms with E-state index in [1.165, 1.54) is 34.7 Å². The predicted molar refractivity (Wildman–Crippen MR) is 112 cm³/mol. The summed E-state index contributed by atoms with van der Waals surface area (Å²) in [5, 5.41) is 14.4. The zero-order valence-electron chi connectivity index (χ0n) is 15.2. The molecule has 140 valence electrons. The summed E-state index contributed by atoms with van der Waals surface area (Å²) >= 11 is 1.47. The lowest BCUT2D eigenvalue weighted by Crippen LogP contribution is -2.00. The molecule has 2 N–H and O–H groups in total. The number of nitrogens with one attached hydrogen (secondary N) is 2. The first-order valence-electron chi connectivity index (χ1n) is 8.76. The highest BCUT2D eigenvalue weighted by Crippen LogP contribution is 2.20. The number of halogens is 1. The third-order valence-corrected chi connectivity index (χ3v) is 5.16. The van der Waals surface area contributed by atoms with Gasteiger partial charge in [0, 0.05) is 5.75 Å². The van der Waals surface area contributed by atoms with Crippen molar-refractivity contribution >= 4 is 34.2 Å². The van der Waals surface area contributed by atoms with Crippen molar-refractivity contribution in [3.05, 3.63) is 83.7 Å². The molecule has 1 heterocycles. The molecule has 0 atom stereocenters. The first-order valence-corrected chi connectivity index (χ1v) is 9.75. The van der Waals surface area contributed by atoms with Crippen LogP contribution in [0, 0.1) is 5.82 Å². The average Bonchev–Trinajstić information content (AvgIpc) is 3.19. The number of rotatable bonds is 6. The highest BCUT2D eigenvalue weighted by Gasteiger charge is 2.05. The van der Waals surface area contributed by atoms with Gasteiger partial charge in [0.2, 0.25) is 11.1 Å². The van der Waals surface area contributed by atoms with Gasteiger partial charge in [-0.2, -0.15) is 10.1 Å². The Bertz CT molecular complexity index is 1120. The Hall–Kier alpha value is -3.19. The van der Waals surface area contributed by atoms with Crippen molar-refractivity contribution in [2.75, 3.05) is 5.43 Å². The predicted octanol–water partition coefficient (Wildman–Crippen LogP) is 5.23. The summed E-state index contributed by atoms with van der Waals surface area (Å²) in [6.45, 7) is 1.94. The van der Waals surface area contributed by atoms with Crippen LogP contribution in [0.25, 0.3) is 10.8 Å². The number of fused-ring (bicyclic) bond motifs is 1. The normalized spacial score (nSPS) is 11.7. The van der Waals surface area contributed by atoms with Crippen molar-refractivity contribution < 1.29 is 4.39 Å². The molecule has 5 nitrogen and oxygen atoms in total. The molecule has 0 aliphatic heterocycles. The second-order valence-corrected chi connectivity index (χ2v) is 7.20. The molecule has 3 aromatic carbocycles. The van der Waals surface area contributed by atoms with Crippen LogP contribution in [0.5, 0.6) is 0 Å². The average molecular weight is 391 g/mol. The van der Waals surface area contributed by atoms with Crippen molar-refractivity contribution in [1.82, 2.24) is 15.2 Å². The number of aromatic amines is 1. The molecule has 4 aromatic rings. The van der Waals surface area contributed by atoms with Gasteiger partial charge in [-0.15, -0.1) is 5.10 Å². The molecule has 0 fully saturated rings. The summed E-state index contributed by atoms with van der Waals surface area (Å²) in [6, 6.07) is 20.9. The number of hydrogen-bond acceptors (Lipinski definition) is 5. The van der Waals surface area contributed by atoms with Crippen molar-refractivity contribution in [2.45, 2.75) is 17.8 Å². The Morgan fingerprint density at radius 3 is 2.68 bits per heavy atom. The minimum atomic E-state index is -0.238. The summed E-state index contributed by atoms with van der Waals surface area (Å²) in [4.78, 5) is 4.36. The summed E-state index contributed by atoms with van der Waals surface area (Å²) < 4.78 is 12.9. The van der Waals surface area contributed by atoms with Gasteiger partial charge in [-0.3, -0.25) is 0 Å². The van der Waals surface area contributed by atoms with Gasteiger partial charge in [0.05, 0.1) is 5.71 Å². The third-order valence-electron chi connectivity index (χ3n) is 4.24. The van der Waals surface area contributed by atoms with Gasteiger partial charge >= 0.3 is 0 Å². The molecule has 1 aromatic heterocycles. The molecule has 0 unspecified atom stereocenters. The Morgan fingerprint density at radius 1 is 1.07 bits per heavy atom. The van der Waals surface area contributed by atoms with E-state index in [1.807, 2.05) is 25.1 Å². The van der Waals surface area contributed by atoms with Crippen LogP contribution < -0.4 is 5.43 Å². The molecule has 28 heavy (non-hydrogen) atoms. The van der Waals surface area contributed by atoms with Gasteiger partial charge < -0.3 is 0 Å². The molecule has 0 saturated heterocycles. The highest BCUT2D eigenvalue weighted by molar-refractivity contribution is 7.98. The largest absolute Gasteiger partial charge is 0.245 e. The summed E-state index contributed by atoms with van der Waals surface area (Å²) in [5.74, 6) is 0.899. The fourth-order valence-corrected chi connectivity index (χ4v) is 3.46. The van der Waals surface area contributed by atoms with E-state index >= 15 is 0 Å². The molecule has 0 aliphatic rings. The number of hydrogen-bond donors (Lipinski definition) is 2. The molecule has 0 spiro atoms. The lowest BCUT2D eigenvalue weighted by Gasteiger charge is -2.03. The van der Waals surface area contributed by atoms with Gasteiger partial charge in [0.15, 0.2) is 0 Å². The van der Waals surface area contributed by atoms with Crippen LogP contribution in [0.3, 0.4) is 0 Å². The van der Waals surface area contributed by atoms with E-state index in [0.29, 0.717) is 16.9 Å². The molecule has 0 bridgehead atoms. The lowest BCUT2D eigenvalue weighted by atomic mass is 10.0. The number of aromatic nitrogens is 3. The van der Waals surface area contributed by atoms with Crippen LogP contribution in [0.2, 0.25) is 0 Å². The molecule has 0 radical (unpaired) electrons. The zero-order valence-corrected chi connectivity index (χ0v) is 16.0. The molecule has 0 amide bonds. The SMILES string of the molecule is C/C(=N\Nc1nc(SCc2ccc(F)cc2)n[nH]1)c1ccc2ccccc2c1. The van der Waals surface area contributed by atoms with Gasteiger partial charge in [-0.1, -0.05) is 60.3 Å². The number of thioether (sulfide) groups is 1. The minimum Gasteiger partial charge on any atom is -0.245 e. The maximum atomic E-state index is 12.9. The quantitative estimate of drug-likeness (QED) is 0.268. The smallest absolute Gasteiger partial charge is 0.240 e. The maximum Gasteiger partial charge on any atom is 0.240 e. The monoisotopic (exact) mass is 391 g/mol. The molecular weight excluding hydrogens is 373 g/mol. The van der Waals surface area contributed by atoms with E-state index in [4.69, 9.17) is 0 Å². The minimum absolute atomic E-state index is 0.238. The zero-order chi connectivity index (χ0) is 19.3. The Kier molecular flexibility index (Phi) is 5.34. The summed E-state index contributed by atoms with van der Waals surface area (Å²) in [6.07, 6.45) is 0. The van der Waals surface area contributed by atoms with Gasteiger partial charge in [0.25, 0.3) is 0 Å². The number of H-pyrrole nitrogens is 1. The van der Waals surface area contributed by atoms with Crippen molar-refractivity contribution in [2.24, 2.45) is 5.10 Å². The second kappa shape index (κ2) is 8.22. The van der Waals surface area contributed by atoms with Gasteiger partial charge in [0.1, 0.15) is 5.82 Å². The molecular formula is C21H18FN5S. The maximum absolute atomic E-state index is 12.9. The second-order valence-electron chi connectivity index (χ2n) is 6.25. The van der Waals surface area contributed by atoms with E-state index < -0.39 is 0 Å². The molecule has 0 saturated carbocycles. The van der Waals surface area contributed by atoms with Crippen LogP contribution in [-0.2, 0) is 5.75 Å². The van der Waals surface area contributed by atoms with Crippen molar-refractivity contribution in [3.63, 3.8) is 0 Å². The van der Waals surface area contributed by atoms with Crippen LogP contribution in [0.4, 0.5) is 10.3 Å². The highest BCUT2D eigenvalue weighted by atomic mass is 32.2. The Balaban J connectivity index is 1.39. The summed E-state index contributed by atoms with van der Waals surface area (Å²) in [7, 11) is 0. The first kappa shape index (κ1) is 18.2. The Morgan fingerprint density at radius 2 is 1.86 bits per heavy atom.